The van der Waals surface area contributed by atoms with Crippen molar-refractivity contribution < 1.29 is 22.7 Å². The molecule has 0 aliphatic heterocycles. The summed E-state index contributed by atoms with van der Waals surface area (Å²) in [6, 6.07) is 7.21. The molecule has 0 aromatic heterocycles. The van der Waals surface area contributed by atoms with Gasteiger partial charge in [-0.1, -0.05) is 95.9 Å². The van der Waals surface area contributed by atoms with Crippen molar-refractivity contribution in [1.82, 2.24) is 0 Å². The van der Waals surface area contributed by atoms with Crippen LogP contribution in [-0.2, 0) is 16.1 Å². The second-order valence-electron chi connectivity index (χ2n) is 15.4. The number of alkyl halides is 3. The Hall–Kier alpha value is -1.88. The smallest absolute Gasteiger partial charge is 0.373 e. The fourth-order valence-corrected chi connectivity index (χ4v) is 10.00. The van der Waals surface area contributed by atoms with Crippen molar-refractivity contribution in [2.45, 2.75) is 124 Å². The van der Waals surface area contributed by atoms with Gasteiger partial charge in [0.05, 0.1) is 12.7 Å². The van der Waals surface area contributed by atoms with Crippen molar-refractivity contribution in [2.24, 2.45) is 46.3 Å². The number of hydrogen-bond donors (Lipinski definition) is 0. The molecular weight excluding hydrogens is 545 g/mol. The lowest BCUT2D eigenvalue weighted by atomic mass is 9.47. The van der Waals surface area contributed by atoms with E-state index in [0.717, 1.165) is 53.9 Å². The van der Waals surface area contributed by atoms with E-state index >= 15 is 0 Å². The predicted molar refractivity (Wildman–Crippen MR) is 168 cm³/mol. The standard InChI is InChI=1S/C38H53F3O2/c1-25(2)7-6-8-26(3)32-16-17-33-31-15-14-29-23-30(19-21-36(29,4)34(31)20-22-37(32,33)5)43-24-28-11-9-27(10-12-28)13-18-35(42)38(39,40)41/h9-14,18,25-26,30-34H,6-8,15-17,19-24H2,1-5H3/b18-13+/t26-,30+,31+,32-,33+,34+,36+,37-/m1/s1. The maximum absolute atomic E-state index is 12.4. The highest BCUT2D eigenvalue weighted by Crippen LogP contribution is 2.67. The molecule has 1 aromatic carbocycles. The number of carbonyl (C=O) groups excluding carboxylic acids is 1. The first-order chi connectivity index (χ1) is 20.3. The molecule has 3 fully saturated rings. The van der Waals surface area contributed by atoms with Crippen molar-refractivity contribution in [1.29, 1.82) is 0 Å². The highest BCUT2D eigenvalue weighted by molar-refractivity contribution is 5.97. The molecule has 4 aliphatic carbocycles. The van der Waals surface area contributed by atoms with Crippen molar-refractivity contribution in [3.05, 3.63) is 53.1 Å². The van der Waals surface area contributed by atoms with Crippen molar-refractivity contribution in [2.75, 3.05) is 0 Å². The van der Waals surface area contributed by atoms with E-state index in [1.807, 2.05) is 12.1 Å². The second kappa shape index (κ2) is 12.9. The summed E-state index contributed by atoms with van der Waals surface area (Å²) in [6.07, 6.45) is 14.1. The van der Waals surface area contributed by atoms with Crippen LogP contribution >= 0.6 is 0 Å². The second-order valence-corrected chi connectivity index (χ2v) is 15.4. The van der Waals surface area contributed by atoms with Gasteiger partial charge in [0.1, 0.15) is 0 Å². The van der Waals surface area contributed by atoms with Gasteiger partial charge in [-0.05, 0) is 115 Å². The Labute approximate surface area is 257 Å². The zero-order valence-corrected chi connectivity index (χ0v) is 27.0. The zero-order chi connectivity index (χ0) is 31.0. The molecule has 0 amide bonds. The first-order valence-corrected chi connectivity index (χ1v) is 17.0. The Balaban J connectivity index is 1.16. The van der Waals surface area contributed by atoms with Crippen LogP contribution in [0, 0.1) is 46.3 Å². The predicted octanol–water partition coefficient (Wildman–Crippen LogP) is 10.8. The highest BCUT2D eigenvalue weighted by atomic mass is 19.4. The van der Waals surface area contributed by atoms with Gasteiger partial charge in [0.15, 0.2) is 0 Å². The van der Waals surface area contributed by atoms with Gasteiger partial charge in [0, 0.05) is 0 Å². The number of hydrogen-bond acceptors (Lipinski definition) is 2. The molecule has 0 bridgehead atoms. The Morgan fingerprint density at radius 2 is 1.74 bits per heavy atom. The molecule has 5 heteroatoms. The van der Waals surface area contributed by atoms with Gasteiger partial charge in [-0.3, -0.25) is 4.79 Å². The molecular formula is C38H53F3O2. The SMILES string of the molecule is CC(C)CCC[C@@H](C)[C@H]1CC[C@H]2[C@@H]3CC=C4C[C@@H](OCc5ccc(/C=C/C(=O)C(F)(F)F)cc5)CC[C@]4(C)[C@H]3CC[C@]12C. The number of rotatable bonds is 10. The molecule has 5 rings (SSSR count). The summed E-state index contributed by atoms with van der Waals surface area (Å²) in [5, 5.41) is 0. The van der Waals surface area contributed by atoms with E-state index < -0.39 is 12.0 Å². The largest absolute Gasteiger partial charge is 0.454 e. The van der Waals surface area contributed by atoms with Crippen LogP contribution in [0.25, 0.3) is 6.08 Å². The number of ketones is 1. The molecule has 43 heavy (non-hydrogen) atoms. The maximum atomic E-state index is 12.4. The summed E-state index contributed by atoms with van der Waals surface area (Å²) in [7, 11) is 0. The molecule has 0 heterocycles. The first-order valence-electron chi connectivity index (χ1n) is 17.0. The molecule has 0 unspecified atom stereocenters. The quantitative estimate of drug-likeness (QED) is 0.198. The zero-order valence-electron chi connectivity index (χ0n) is 27.0. The van der Waals surface area contributed by atoms with Crippen LogP contribution in [0.2, 0.25) is 0 Å². The summed E-state index contributed by atoms with van der Waals surface area (Å²) >= 11 is 0. The first kappa shape index (κ1) is 32.5. The molecule has 2 nitrogen and oxygen atoms in total. The van der Waals surface area contributed by atoms with Gasteiger partial charge < -0.3 is 4.74 Å². The van der Waals surface area contributed by atoms with E-state index in [2.05, 4.69) is 40.7 Å². The van der Waals surface area contributed by atoms with E-state index in [1.165, 1.54) is 63.9 Å². The third-order valence-corrected chi connectivity index (χ3v) is 12.4. The van der Waals surface area contributed by atoms with Crippen molar-refractivity contribution in [3.8, 4) is 0 Å². The molecule has 0 N–H and O–H groups in total. The number of fused-ring (bicyclic) bond motifs is 5. The summed E-state index contributed by atoms with van der Waals surface area (Å²) in [6.45, 7) is 13.0. The van der Waals surface area contributed by atoms with Crippen LogP contribution in [0.4, 0.5) is 13.2 Å². The van der Waals surface area contributed by atoms with Crippen LogP contribution in [-0.4, -0.2) is 18.1 Å². The molecule has 0 saturated heterocycles. The van der Waals surface area contributed by atoms with Gasteiger partial charge in [-0.25, -0.2) is 0 Å². The molecule has 1 aromatic rings. The van der Waals surface area contributed by atoms with Crippen LogP contribution < -0.4 is 0 Å². The normalized spacial score (nSPS) is 34.9. The van der Waals surface area contributed by atoms with Crippen LogP contribution in [0.15, 0.2) is 42.0 Å². The third kappa shape index (κ3) is 6.87. The number of halogens is 3. The lowest BCUT2D eigenvalue weighted by molar-refractivity contribution is -0.165. The minimum atomic E-state index is -4.84. The van der Waals surface area contributed by atoms with Gasteiger partial charge >= 0.3 is 6.18 Å². The lowest BCUT2D eigenvalue weighted by Crippen LogP contribution is -2.51. The summed E-state index contributed by atoms with van der Waals surface area (Å²) in [5.41, 5.74) is 3.99. The molecule has 4 aliphatic rings. The monoisotopic (exact) mass is 598 g/mol. The van der Waals surface area contributed by atoms with Crippen molar-refractivity contribution in [3.63, 3.8) is 0 Å². The minimum absolute atomic E-state index is 0.205. The molecule has 3 saturated carbocycles. The van der Waals surface area contributed by atoms with Gasteiger partial charge in [0.25, 0.3) is 5.78 Å². The molecule has 0 spiro atoms. The average molecular weight is 599 g/mol. The van der Waals surface area contributed by atoms with E-state index in [0.29, 0.717) is 29.1 Å². The van der Waals surface area contributed by atoms with Crippen LogP contribution in [0.5, 0.6) is 0 Å². The molecule has 8 atom stereocenters. The Bertz CT molecular complexity index is 1180. The highest BCUT2D eigenvalue weighted by Gasteiger charge is 2.59. The van der Waals surface area contributed by atoms with Crippen LogP contribution in [0.3, 0.4) is 0 Å². The van der Waals surface area contributed by atoms with E-state index in [-0.39, 0.29) is 6.10 Å². The van der Waals surface area contributed by atoms with Gasteiger partial charge in [-0.15, -0.1) is 0 Å². The van der Waals surface area contributed by atoms with Gasteiger partial charge in [-0.2, -0.15) is 13.2 Å². The summed E-state index contributed by atoms with van der Waals surface area (Å²) in [5.74, 6) is 3.20. The van der Waals surface area contributed by atoms with E-state index in [4.69, 9.17) is 4.74 Å². The Morgan fingerprint density at radius 3 is 2.44 bits per heavy atom. The van der Waals surface area contributed by atoms with E-state index in [1.54, 1.807) is 17.7 Å². The number of allylic oxidation sites excluding steroid dienone is 2. The third-order valence-electron chi connectivity index (χ3n) is 12.4. The minimum Gasteiger partial charge on any atom is -0.373 e. The maximum Gasteiger partial charge on any atom is 0.454 e. The molecule has 238 valence electrons. The van der Waals surface area contributed by atoms with Crippen molar-refractivity contribution >= 4 is 11.9 Å². The number of benzene rings is 1. The van der Waals surface area contributed by atoms with Crippen LogP contribution in [0.1, 0.15) is 116 Å². The number of carbonyl (C=O) groups is 1. The van der Waals surface area contributed by atoms with E-state index in [9.17, 15) is 18.0 Å². The summed E-state index contributed by atoms with van der Waals surface area (Å²) < 4.78 is 43.7. The lowest BCUT2D eigenvalue weighted by Gasteiger charge is -2.58. The molecule has 0 radical (unpaired) electrons. The average Bonchev–Trinajstić information content (AvgIpc) is 3.32. The Kier molecular flexibility index (Phi) is 9.72. The number of ether oxygens (including phenoxy) is 1. The fraction of sp³-hybridized carbons (Fsp3) is 0.711. The topological polar surface area (TPSA) is 26.3 Å². The van der Waals surface area contributed by atoms with Gasteiger partial charge in [0.2, 0.25) is 0 Å². The fourth-order valence-electron chi connectivity index (χ4n) is 10.00. The Morgan fingerprint density at radius 1 is 1.00 bits per heavy atom. The summed E-state index contributed by atoms with van der Waals surface area (Å²) in [4.78, 5) is 11.1.